The van der Waals surface area contributed by atoms with Crippen LogP contribution in [0.5, 0.6) is 0 Å². The van der Waals surface area contributed by atoms with Crippen molar-refractivity contribution < 1.29 is 18.2 Å². The van der Waals surface area contributed by atoms with Crippen LogP contribution in [0, 0.1) is 0 Å². The van der Waals surface area contributed by atoms with Gasteiger partial charge in [0.25, 0.3) is 10.1 Å². The first-order valence-electron chi connectivity index (χ1n) is 5.95. The highest BCUT2D eigenvalue weighted by atomic mass is 35.5. The molecule has 1 aliphatic heterocycles. The molecule has 0 bridgehead atoms. The van der Waals surface area contributed by atoms with Crippen LogP contribution in [-0.4, -0.2) is 42.4 Å². The zero-order valence-electron chi connectivity index (χ0n) is 10.5. The molecule has 1 unspecified atom stereocenters. The third kappa shape index (κ3) is 4.00. The summed E-state index contributed by atoms with van der Waals surface area (Å²) in [4.78, 5) is 3.00. The lowest BCUT2D eigenvalue weighted by Crippen LogP contribution is -2.37. The third-order valence-electron chi connectivity index (χ3n) is 2.91. The number of halogens is 1. The molecule has 0 aliphatic carbocycles. The molecule has 2 rings (SSSR count). The molecule has 6 nitrogen and oxygen atoms in total. The average molecular weight is 339 g/mol. The molecule has 0 saturated carbocycles. The first-order valence-corrected chi connectivity index (χ1v) is 8.82. The SMILES string of the molecule is O=S(=O)(O)CCCN1c2cc(Cl)ccc2SC1CNO. The Bertz CT molecular complexity index is 582. The fourth-order valence-electron chi connectivity index (χ4n) is 2.09. The Morgan fingerprint density at radius 2 is 2.20 bits per heavy atom. The number of thioether (sulfide) groups is 1. The van der Waals surface area contributed by atoms with E-state index in [0.717, 1.165) is 10.6 Å². The van der Waals surface area contributed by atoms with Crippen LogP contribution in [0.3, 0.4) is 0 Å². The fraction of sp³-hybridized carbons (Fsp3) is 0.455. The normalized spacial score (nSPS) is 18.4. The first kappa shape index (κ1) is 15.9. The summed E-state index contributed by atoms with van der Waals surface area (Å²) >= 11 is 7.55. The number of nitrogens with zero attached hydrogens (tertiary/aromatic N) is 1. The molecular weight excluding hydrogens is 324 g/mol. The summed E-state index contributed by atoms with van der Waals surface area (Å²) in [5.41, 5.74) is 3.05. The van der Waals surface area contributed by atoms with E-state index in [2.05, 4.69) is 5.48 Å². The van der Waals surface area contributed by atoms with Gasteiger partial charge in [-0.3, -0.25) is 4.55 Å². The van der Waals surface area contributed by atoms with Crippen LogP contribution in [0.2, 0.25) is 5.02 Å². The van der Waals surface area contributed by atoms with Crippen molar-refractivity contribution >= 4 is 39.2 Å². The summed E-state index contributed by atoms with van der Waals surface area (Å²) in [5.74, 6) is -0.288. The van der Waals surface area contributed by atoms with Gasteiger partial charge in [-0.05, 0) is 24.6 Å². The van der Waals surface area contributed by atoms with E-state index in [4.69, 9.17) is 21.4 Å². The van der Waals surface area contributed by atoms with Gasteiger partial charge in [0.15, 0.2) is 0 Å². The standard InChI is InChI=1S/C11H15ClN2O4S2/c12-8-2-3-10-9(6-8)14(11(19-10)7-13-15)4-1-5-20(16,17)18/h2-3,6,11,13,15H,1,4-5,7H2,(H,16,17,18). The Hall–Kier alpha value is -0.510. The Morgan fingerprint density at radius 1 is 1.45 bits per heavy atom. The van der Waals surface area contributed by atoms with E-state index < -0.39 is 10.1 Å². The topological polar surface area (TPSA) is 89.9 Å². The van der Waals surface area contributed by atoms with Gasteiger partial charge in [0.1, 0.15) is 0 Å². The molecule has 20 heavy (non-hydrogen) atoms. The molecule has 1 aromatic rings. The van der Waals surface area contributed by atoms with Crippen molar-refractivity contribution in [2.24, 2.45) is 0 Å². The quantitative estimate of drug-likeness (QED) is 0.538. The van der Waals surface area contributed by atoms with Crippen molar-refractivity contribution in [2.75, 3.05) is 23.7 Å². The summed E-state index contributed by atoms with van der Waals surface area (Å²) in [6, 6.07) is 5.50. The van der Waals surface area contributed by atoms with E-state index in [1.165, 1.54) is 0 Å². The molecule has 1 aromatic carbocycles. The van der Waals surface area contributed by atoms with E-state index in [-0.39, 0.29) is 11.1 Å². The Kier molecular flexibility index (Phi) is 5.16. The maximum Gasteiger partial charge on any atom is 0.264 e. The highest BCUT2D eigenvalue weighted by Gasteiger charge is 2.29. The zero-order chi connectivity index (χ0) is 14.8. The molecule has 112 valence electrons. The molecule has 0 aromatic heterocycles. The number of fused-ring (bicyclic) bond motifs is 1. The van der Waals surface area contributed by atoms with Crippen molar-refractivity contribution in [1.29, 1.82) is 0 Å². The van der Waals surface area contributed by atoms with Gasteiger partial charge in [0.2, 0.25) is 0 Å². The Morgan fingerprint density at radius 3 is 2.85 bits per heavy atom. The van der Waals surface area contributed by atoms with Crippen molar-refractivity contribution in [3.8, 4) is 0 Å². The predicted molar refractivity (Wildman–Crippen MR) is 79.3 cm³/mol. The highest BCUT2D eigenvalue weighted by molar-refractivity contribution is 8.00. The number of hydrogen-bond donors (Lipinski definition) is 3. The number of hydrogen-bond acceptors (Lipinski definition) is 6. The van der Waals surface area contributed by atoms with E-state index in [1.54, 1.807) is 17.8 Å². The monoisotopic (exact) mass is 338 g/mol. The second-order valence-corrected chi connectivity index (χ2v) is 7.61. The lowest BCUT2D eigenvalue weighted by Gasteiger charge is -2.26. The van der Waals surface area contributed by atoms with Gasteiger partial charge in [0.05, 0.1) is 23.4 Å². The molecular formula is C11H15ClN2O4S2. The lowest BCUT2D eigenvalue weighted by atomic mass is 10.2. The van der Waals surface area contributed by atoms with Gasteiger partial charge in [-0.1, -0.05) is 23.4 Å². The maximum atomic E-state index is 10.8. The fourth-order valence-corrected chi connectivity index (χ4v) is 3.99. The van der Waals surface area contributed by atoms with Gasteiger partial charge in [-0.2, -0.15) is 8.42 Å². The summed E-state index contributed by atoms with van der Waals surface area (Å²) in [6.45, 7) is 0.787. The van der Waals surface area contributed by atoms with Crippen LogP contribution < -0.4 is 10.4 Å². The summed E-state index contributed by atoms with van der Waals surface area (Å²) in [5, 5.41) is 9.43. The second kappa shape index (κ2) is 6.50. The largest absolute Gasteiger partial charge is 0.357 e. The van der Waals surface area contributed by atoms with Crippen LogP contribution >= 0.6 is 23.4 Å². The number of hydroxylamine groups is 1. The summed E-state index contributed by atoms with van der Waals surface area (Å²) in [6.07, 6.45) is 0.299. The molecule has 1 heterocycles. The van der Waals surface area contributed by atoms with Crippen molar-refractivity contribution in [3.63, 3.8) is 0 Å². The molecule has 0 radical (unpaired) electrons. The van der Waals surface area contributed by atoms with E-state index in [1.807, 2.05) is 17.0 Å². The molecule has 0 saturated heterocycles. The molecule has 9 heteroatoms. The van der Waals surface area contributed by atoms with Crippen molar-refractivity contribution in [3.05, 3.63) is 23.2 Å². The van der Waals surface area contributed by atoms with Crippen LogP contribution in [0.4, 0.5) is 5.69 Å². The van der Waals surface area contributed by atoms with Gasteiger partial charge in [-0.15, -0.1) is 0 Å². The molecule has 1 atom stereocenters. The molecule has 1 aliphatic rings. The molecule has 0 amide bonds. The van der Waals surface area contributed by atoms with Crippen LogP contribution in [0.15, 0.2) is 23.1 Å². The minimum Gasteiger partial charge on any atom is -0.357 e. The van der Waals surface area contributed by atoms with E-state index in [0.29, 0.717) is 24.5 Å². The number of anilines is 1. The van der Waals surface area contributed by atoms with Gasteiger partial charge >= 0.3 is 0 Å². The lowest BCUT2D eigenvalue weighted by molar-refractivity contribution is 0.167. The number of nitrogens with one attached hydrogen (secondary N) is 1. The Labute approximate surface area is 126 Å². The molecule has 3 N–H and O–H groups in total. The van der Waals surface area contributed by atoms with Crippen LogP contribution in [0.25, 0.3) is 0 Å². The van der Waals surface area contributed by atoms with Crippen LogP contribution in [0.1, 0.15) is 6.42 Å². The van der Waals surface area contributed by atoms with Gasteiger partial charge in [-0.25, -0.2) is 5.48 Å². The van der Waals surface area contributed by atoms with Crippen LogP contribution in [-0.2, 0) is 10.1 Å². The number of rotatable bonds is 6. The zero-order valence-corrected chi connectivity index (χ0v) is 12.9. The maximum absolute atomic E-state index is 10.8. The smallest absolute Gasteiger partial charge is 0.264 e. The Balaban J connectivity index is 2.12. The molecule has 0 spiro atoms. The third-order valence-corrected chi connectivity index (χ3v) is 5.24. The first-order chi connectivity index (χ1) is 9.40. The second-order valence-electron chi connectivity index (χ2n) is 4.38. The average Bonchev–Trinajstić information content (AvgIpc) is 2.66. The molecule has 0 fully saturated rings. The predicted octanol–water partition coefficient (Wildman–Crippen LogP) is 1.83. The van der Waals surface area contributed by atoms with E-state index >= 15 is 0 Å². The van der Waals surface area contributed by atoms with Gasteiger partial charge in [0, 0.05) is 16.5 Å². The minimum atomic E-state index is -3.96. The van der Waals surface area contributed by atoms with Crippen molar-refractivity contribution in [1.82, 2.24) is 5.48 Å². The summed E-state index contributed by atoms with van der Waals surface area (Å²) in [7, 11) is -3.96. The van der Waals surface area contributed by atoms with Crippen molar-refractivity contribution in [2.45, 2.75) is 16.7 Å². The van der Waals surface area contributed by atoms with Gasteiger partial charge < -0.3 is 10.1 Å². The van der Waals surface area contributed by atoms with E-state index in [9.17, 15) is 8.42 Å². The highest BCUT2D eigenvalue weighted by Crippen LogP contribution is 2.44. The number of benzene rings is 1. The minimum absolute atomic E-state index is 0.0464. The summed E-state index contributed by atoms with van der Waals surface area (Å²) < 4.78 is 30.3.